The van der Waals surface area contributed by atoms with E-state index in [-0.39, 0.29) is 6.10 Å². The SMILES string of the molecule is OC(C1CCCCCCC1)C1CC2CCC1C2. The van der Waals surface area contributed by atoms with Crippen LogP contribution in [0.3, 0.4) is 0 Å². The van der Waals surface area contributed by atoms with E-state index in [9.17, 15) is 5.11 Å². The molecular weight excluding hydrogens is 208 g/mol. The number of aliphatic hydroxyl groups is 1. The molecule has 0 aromatic carbocycles. The largest absolute Gasteiger partial charge is 0.393 e. The monoisotopic (exact) mass is 236 g/mol. The van der Waals surface area contributed by atoms with Crippen molar-refractivity contribution in [1.29, 1.82) is 0 Å². The molecule has 4 unspecified atom stereocenters. The maximum absolute atomic E-state index is 10.7. The van der Waals surface area contributed by atoms with E-state index in [4.69, 9.17) is 0 Å². The first-order valence-electron chi connectivity index (χ1n) is 8.02. The van der Waals surface area contributed by atoms with Crippen LogP contribution in [0.2, 0.25) is 0 Å². The maximum Gasteiger partial charge on any atom is 0.0599 e. The number of hydrogen-bond donors (Lipinski definition) is 1. The zero-order chi connectivity index (χ0) is 11.7. The van der Waals surface area contributed by atoms with Crippen molar-refractivity contribution in [1.82, 2.24) is 0 Å². The molecule has 0 aromatic heterocycles. The predicted octanol–water partition coefficient (Wildman–Crippen LogP) is 4.14. The zero-order valence-corrected chi connectivity index (χ0v) is 11.1. The number of hydrogen-bond acceptors (Lipinski definition) is 1. The first-order chi connectivity index (χ1) is 8.34. The lowest BCUT2D eigenvalue weighted by Crippen LogP contribution is -2.33. The van der Waals surface area contributed by atoms with E-state index in [2.05, 4.69) is 0 Å². The van der Waals surface area contributed by atoms with Crippen LogP contribution in [-0.2, 0) is 0 Å². The molecule has 0 heterocycles. The third-order valence-corrected chi connectivity index (χ3v) is 5.86. The van der Waals surface area contributed by atoms with Gasteiger partial charge in [-0.25, -0.2) is 0 Å². The molecule has 98 valence electrons. The zero-order valence-electron chi connectivity index (χ0n) is 11.1. The van der Waals surface area contributed by atoms with Gasteiger partial charge in [-0.05, 0) is 55.8 Å². The Kier molecular flexibility index (Phi) is 3.75. The van der Waals surface area contributed by atoms with E-state index in [0.717, 1.165) is 11.8 Å². The van der Waals surface area contributed by atoms with E-state index >= 15 is 0 Å². The summed E-state index contributed by atoms with van der Waals surface area (Å²) < 4.78 is 0. The minimum Gasteiger partial charge on any atom is -0.393 e. The average Bonchev–Trinajstić information content (AvgIpc) is 2.89. The lowest BCUT2D eigenvalue weighted by atomic mass is 9.76. The van der Waals surface area contributed by atoms with E-state index in [1.54, 1.807) is 0 Å². The third kappa shape index (κ3) is 2.54. The lowest BCUT2D eigenvalue weighted by Gasteiger charge is -2.33. The van der Waals surface area contributed by atoms with Crippen molar-refractivity contribution in [2.45, 2.75) is 76.7 Å². The molecule has 0 aliphatic heterocycles. The molecule has 0 aromatic rings. The topological polar surface area (TPSA) is 20.2 Å². The summed E-state index contributed by atoms with van der Waals surface area (Å²) in [6.07, 6.45) is 15.3. The first-order valence-corrected chi connectivity index (χ1v) is 8.02. The molecule has 1 heteroatoms. The second-order valence-electron chi connectivity index (χ2n) is 6.93. The summed E-state index contributed by atoms with van der Waals surface area (Å²) in [6, 6.07) is 0. The van der Waals surface area contributed by atoms with Crippen molar-refractivity contribution < 1.29 is 5.11 Å². The molecule has 3 saturated carbocycles. The maximum atomic E-state index is 10.7. The van der Waals surface area contributed by atoms with Crippen molar-refractivity contribution in [2.24, 2.45) is 23.7 Å². The van der Waals surface area contributed by atoms with Crippen LogP contribution in [0.15, 0.2) is 0 Å². The standard InChI is InChI=1S/C16H28O/c17-16(13-6-4-2-1-3-5-7-13)15-11-12-8-9-14(15)10-12/h12-17H,1-11H2. The van der Waals surface area contributed by atoms with Crippen molar-refractivity contribution in [2.75, 3.05) is 0 Å². The van der Waals surface area contributed by atoms with Gasteiger partial charge in [0.15, 0.2) is 0 Å². The normalized spacial score (nSPS) is 41.1. The van der Waals surface area contributed by atoms with Crippen molar-refractivity contribution >= 4 is 0 Å². The van der Waals surface area contributed by atoms with Gasteiger partial charge in [0.2, 0.25) is 0 Å². The van der Waals surface area contributed by atoms with Crippen LogP contribution in [-0.4, -0.2) is 11.2 Å². The fourth-order valence-electron chi connectivity index (χ4n) is 4.89. The van der Waals surface area contributed by atoms with Gasteiger partial charge in [-0.15, -0.1) is 0 Å². The highest BCUT2D eigenvalue weighted by Gasteiger charge is 2.44. The summed E-state index contributed by atoms with van der Waals surface area (Å²) in [6.45, 7) is 0. The minimum absolute atomic E-state index is 0.0448. The van der Waals surface area contributed by atoms with Crippen molar-refractivity contribution in [3.05, 3.63) is 0 Å². The van der Waals surface area contributed by atoms with Crippen LogP contribution < -0.4 is 0 Å². The van der Waals surface area contributed by atoms with Crippen LogP contribution >= 0.6 is 0 Å². The summed E-state index contributed by atoms with van der Waals surface area (Å²) in [7, 11) is 0. The molecule has 3 fully saturated rings. The molecule has 3 aliphatic carbocycles. The Morgan fingerprint density at radius 2 is 1.47 bits per heavy atom. The first kappa shape index (κ1) is 12.0. The molecular formula is C16H28O. The van der Waals surface area contributed by atoms with Gasteiger partial charge in [-0.2, -0.15) is 0 Å². The number of aliphatic hydroxyl groups excluding tert-OH is 1. The minimum atomic E-state index is 0.0448. The summed E-state index contributed by atoms with van der Waals surface area (Å²) >= 11 is 0. The van der Waals surface area contributed by atoms with E-state index in [1.807, 2.05) is 0 Å². The van der Waals surface area contributed by atoms with Gasteiger partial charge in [0.25, 0.3) is 0 Å². The molecule has 1 N–H and O–H groups in total. The molecule has 2 bridgehead atoms. The molecule has 0 radical (unpaired) electrons. The van der Waals surface area contributed by atoms with Crippen LogP contribution in [0.1, 0.15) is 70.6 Å². The summed E-state index contributed by atoms with van der Waals surface area (Å²) in [5.41, 5.74) is 0. The Hall–Kier alpha value is -0.0400. The van der Waals surface area contributed by atoms with Gasteiger partial charge in [0.1, 0.15) is 0 Å². The van der Waals surface area contributed by atoms with Crippen LogP contribution in [0.25, 0.3) is 0 Å². The molecule has 0 saturated heterocycles. The van der Waals surface area contributed by atoms with E-state index < -0.39 is 0 Å². The molecule has 0 amide bonds. The summed E-state index contributed by atoms with van der Waals surface area (Å²) in [5, 5.41) is 10.7. The van der Waals surface area contributed by atoms with Gasteiger partial charge < -0.3 is 5.11 Å². The van der Waals surface area contributed by atoms with Gasteiger partial charge in [0.05, 0.1) is 6.10 Å². The highest BCUT2D eigenvalue weighted by Crippen LogP contribution is 2.51. The molecule has 1 nitrogen and oxygen atoms in total. The van der Waals surface area contributed by atoms with E-state index in [0.29, 0.717) is 11.8 Å². The molecule has 3 aliphatic rings. The lowest BCUT2D eigenvalue weighted by molar-refractivity contribution is 0.0151. The second kappa shape index (κ2) is 5.30. The Labute approximate surface area is 106 Å². The highest BCUT2D eigenvalue weighted by atomic mass is 16.3. The molecule has 0 spiro atoms. The van der Waals surface area contributed by atoms with Crippen molar-refractivity contribution in [3.63, 3.8) is 0 Å². The fourth-order valence-corrected chi connectivity index (χ4v) is 4.89. The average molecular weight is 236 g/mol. The quantitative estimate of drug-likeness (QED) is 0.764. The number of fused-ring (bicyclic) bond motifs is 2. The van der Waals surface area contributed by atoms with Crippen LogP contribution in [0, 0.1) is 23.7 Å². The Balaban J connectivity index is 1.58. The van der Waals surface area contributed by atoms with Gasteiger partial charge in [0, 0.05) is 0 Å². The second-order valence-corrected chi connectivity index (χ2v) is 6.93. The van der Waals surface area contributed by atoms with E-state index in [1.165, 1.54) is 70.6 Å². The highest BCUT2D eigenvalue weighted by molar-refractivity contribution is 4.94. The fraction of sp³-hybridized carbons (Fsp3) is 1.00. The van der Waals surface area contributed by atoms with Gasteiger partial charge >= 0.3 is 0 Å². The molecule has 3 rings (SSSR count). The number of rotatable bonds is 2. The van der Waals surface area contributed by atoms with Gasteiger partial charge in [-0.3, -0.25) is 0 Å². The Morgan fingerprint density at radius 3 is 2.06 bits per heavy atom. The van der Waals surface area contributed by atoms with Crippen LogP contribution in [0.5, 0.6) is 0 Å². The molecule has 17 heavy (non-hydrogen) atoms. The van der Waals surface area contributed by atoms with Crippen molar-refractivity contribution in [3.8, 4) is 0 Å². The molecule has 4 atom stereocenters. The predicted molar refractivity (Wildman–Crippen MR) is 70.8 cm³/mol. The summed E-state index contributed by atoms with van der Waals surface area (Å²) in [4.78, 5) is 0. The smallest absolute Gasteiger partial charge is 0.0599 e. The summed E-state index contributed by atoms with van der Waals surface area (Å²) in [5.74, 6) is 3.19. The Bertz CT molecular complexity index is 242. The Morgan fingerprint density at radius 1 is 0.765 bits per heavy atom. The van der Waals surface area contributed by atoms with Gasteiger partial charge in [-0.1, -0.05) is 38.5 Å². The third-order valence-electron chi connectivity index (χ3n) is 5.86. The van der Waals surface area contributed by atoms with Crippen LogP contribution in [0.4, 0.5) is 0 Å².